The molecule has 4 fully saturated rings. The van der Waals surface area contributed by atoms with E-state index in [1.54, 1.807) is 0 Å². The maximum Gasteiger partial charge on any atom is 0.316 e. The van der Waals surface area contributed by atoms with Gasteiger partial charge in [0.15, 0.2) is 5.78 Å². The number of amides is 5. The maximum atomic E-state index is 14.0. The highest BCUT2D eigenvalue weighted by molar-refractivity contribution is 6.38. The number of nitrogens with one attached hydrogen (secondary N) is 4. The van der Waals surface area contributed by atoms with E-state index in [1.165, 1.54) is 17.9 Å². The Labute approximate surface area is 248 Å². The van der Waals surface area contributed by atoms with Crippen molar-refractivity contribution in [2.24, 2.45) is 29.1 Å². The van der Waals surface area contributed by atoms with Gasteiger partial charge < -0.3 is 26.2 Å². The van der Waals surface area contributed by atoms with E-state index >= 15 is 0 Å². The topological polar surface area (TPSA) is 154 Å². The number of rotatable bonds is 12. The van der Waals surface area contributed by atoms with E-state index in [4.69, 9.17) is 0 Å². The number of nitrogens with zero attached hydrogens (tertiary/aromatic N) is 1. The van der Waals surface area contributed by atoms with Gasteiger partial charge in [-0.3, -0.25) is 24.0 Å². The number of hydrogen-bond acceptors (Lipinski definition) is 6. The van der Waals surface area contributed by atoms with Crippen molar-refractivity contribution in [3.05, 3.63) is 12.7 Å². The molecule has 0 aromatic rings. The predicted molar refractivity (Wildman–Crippen MR) is 156 cm³/mol. The average molecular weight is 586 g/mol. The number of carbonyl (C=O) groups excluding carboxylic acids is 6. The van der Waals surface area contributed by atoms with Gasteiger partial charge in [0.25, 0.3) is 5.91 Å². The summed E-state index contributed by atoms with van der Waals surface area (Å²) in [5.41, 5.74) is -0.685. The Morgan fingerprint density at radius 3 is 2.21 bits per heavy atom. The highest BCUT2D eigenvalue weighted by Crippen LogP contribution is 2.50. The quantitative estimate of drug-likeness (QED) is 0.203. The van der Waals surface area contributed by atoms with E-state index in [1.807, 2.05) is 20.8 Å². The molecule has 11 heteroatoms. The zero-order valence-corrected chi connectivity index (χ0v) is 25.4. The van der Waals surface area contributed by atoms with Crippen molar-refractivity contribution in [3.8, 4) is 0 Å². The molecule has 0 spiro atoms. The van der Waals surface area contributed by atoms with Gasteiger partial charge in [0.1, 0.15) is 12.1 Å². The molecule has 4 unspecified atom stereocenters. The molecule has 0 bridgehead atoms. The van der Waals surface area contributed by atoms with Gasteiger partial charge in [-0.25, -0.2) is 4.79 Å². The first-order chi connectivity index (χ1) is 19.8. The summed E-state index contributed by atoms with van der Waals surface area (Å²) in [5, 5.41) is 10.8. The molecule has 1 heterocycles. The van der Waals surface area contributed by atoms with E-state index in [0.29, 0.717) is 6.54 Å². The van der Waals surface area contributed by atoms with E-state index < -0.39 is 53.2 Å². The third kappa shape index (κ3) is 7.39. The molecule has 4 rings (SSSR count). The van der Waals surface area contributed by atoms with Crippen LogP contribution in [0.15, 0.2) is 12.7 Å². The number of carbonyl (C=O) groups is 6. The van der Waals surface area contributed by atoms with Crippen LogP contribution in [0.2, 0.25) is 0 Å². The molecule has 6 atom stereocenters. The van der Waals surface area contributed by atoms with Crippen molar-refractivity contribution in [2.45, 2.75) is 103 Å². The van der Waals surface area contributed by atoms with Crippen LogP contribution >= 0.6 is 0 Å². The van der Waals surface area contributed by atoms with Gasteiger partial charge in [-0.15, -0.1) is 6.58 Å². The van der Waals surface area contributed by atoms with Gasteiger partial charge >= 0.3 is 6.03 Å². The van der Waals surface area contributed by atoms with Crippen molar-refractivity contribution in [3.63, 3.8) is 0 Å². The Bertz CT molecular complexity index is 1110. The second-order valence-electron chi connectivity index (χ2n) is 13.7. The van der Waals surface area contributed by atoms with Crippen LogP contribution in [0.3, 0.4) is 0 Å². The minimum atomic E-state index is -1.07. The van der Waals surface area contributed by atoms with Crippen LogP contribution in [0, 0.1) is 29.1 Å². The number of fused-ring (bicyclic) bond motifs is 1. The summed E-state index contributed by atoms with van der Waals surface area (Å²) in [5.74, 6) is -2.13. The van der Waals surface area contributed by atoms with Crippen molar-refractivity contribution in [1.29, 1.82) is 0 Å². The maximum absolute atomic E-state index is 14.0. The van der Waals surface area contributed by atoms with Gasteiger partial charge in [0.2, 0.25) is 17.6 Å². The van der Waals surface area contributed by atoms with Crippen LogP contribution in [0.25, 0.3) is 0 Å². The number of ketones is 2. The van der Waals surface area contributed by atoms with E-state index in [9.17, 15) is 28.8 Å². The van der Waals surface area contributed by atoms with Gasteiger partial charge in [0, 0.05) is 19.0 Å². The number of urea groups is 1. The van der Waals surface area contributed by atoms with Crippen molar-refractivity contribution >= 4 is 35.3 Å². The van der Waals surface area contributed by atoms with Crippen molar-refractivity contribution < 1.29 is 28.8 Å². The zero-order chi connectivity index (χ0) is 30.8. The Kier molecular flexibility index (Phi) is 9.77. The van der Waals surface area contributed by atoms with Crippen molar-refractivity contribution in [2.75, 3.05) is 13.1 Å². The third-order valence-corrected chi connectivity index (χ3v) is 9.17. The summed E-state index contributed by atoms with van der Waals surface area (Å²) in [6.45, 7) is 11.0. The molecule has 3 saturated carbocycles. The molecule has 1 saturated heterocycles. The second-order valence-corrected chi connectivity index (χ2v) is 13.7. The van der Waals surface area contributed by atoms with E-state index in [2.05, 4.69) is 27.8 Å². The van der Waals surface area contributed by atoms with Crippen LogP contribution in [-0.4, -0.2) is 77.5 Å². The van der Waals surface area contributed by atoms with E-state index in [0.717, 1.165) is 51.4 Å². The molecular weight excluding hydrogens is 538 g/mol. The van der Waals surface area contributed by atoms with Crippen molar-refractivity contribution in [1.82, 2.24) is 26.2 Å². The molecular formula is C31H47N5O6. The number of Topliss-reactive ketones (excluding diaryl/α,β-unsaturated/α-hetero) is 2. The minimum Gasteiger partial charge on any atom is -0.346 e. The molecule has 42 heavy (non-hydrogen) atoms. The molecule has 11 nitrogen and oxygen atoms in total. The fourth-order valence-corrected chi connectivity index (χ4v) is 6.48. The SMILES string of the molecule is C=CCNC(=O)C(=O)C(C)NC(=O)[C@@H]1C2C[C@H]2CN1C(=O)C(NC(=O)NC(C(=O)C1CC1)C1CCCCC1)C(C)(C)C. The van der Waals surface area contributed by atoms with Gasteiger partial charge in [-0.1, -0.05) is 46.1 Å². The number of piperidine rings is 1. The summed E-state index contributed by atoms with van der Waals surface area (Å²) in [7, 11) is 0. The van der Waals surface area contributed by atoms with E-state index in [-0.39, 0.29) is 41.9 Å². The molecule has 5 amide bonds. The van der Waals surface area contributed by atoms with Crippen LogP contribution in [0.4, 0.5) is 4.79 Å². The minimum absolute atomic E-state index is 0.00945. The Morgan fingerprint density at radius 1 is 0.952 bits per heavy atom. The summed E-state index contributed by atoms with van der Waals surface area (Å²) in [4.78, 5) is 79.9. The highest BCUT2D eigenvalue weighted by atomic mass is 16.2. The van der Waals surface area contributed by atoms with Gasteiger partial charge in [-0.05, 0) is 62.2 Å². The molecule has 0 aromatic carbocycles. The molecule has 1 aliphatic heterocycles. The number of likely N-dealkylation sites (tertiary alicyclic amines) is 1. The first-order valence-corrected chi connectivity index (χ1v) is 15.5. The highest BCUT2D eigenvalue weighted by Gasteiger charge is 2.58. The molecule has 3 aliphatic carbocycles. The largest absolute Gasteiger partial charge is 0.346 e. The molecule has 4 aliphatic rings. The van der Waals surface area contributed by atoms with Gasteiger partial charge in [0.05, 0.1) is 12.1 Å². The third-order valence-electron chi connectivity index (χ3n) is 9.17. The summed E-state index contributed by atoms with van der Waals surface area (Å²) in [6, 6.07) is -3.93. The average Bonchev–Trinajstić information content (AvgIpc) is 3.89. The molecule has 4 N–H and O–H groups in total. The van der Waals surface area contributed by atoms with Crippen LogP contribution < -0.4 is 21.3 Å². The smallest absolute Gasteiger partial charge is 0.316 e. The molecule has 0 aromatic heterocycles. The van der Waals surface area contributed by atoms with Crippen LogP contribution in [0.5, 0.6) is 0 Å². The Morgan fingerprint density at radius 2 is 1.62 bits per heavy atom. The fraction of sp³-hybridized carbons (Fsp3) is 0.742. The number of hydrogen-bond donors (Lipinski definition) is 4. The summed E-state index contributed by atoms with van der Waals surface area (Å²) < 4.78 is 0. The second kappa shape index (κ2) is 13.0. The molecule has 0 radical (unpaired) electrons. The van der Waals surface area contributed by atoms with Crippen LogP contribution in [-0.2, 0) is 24.0 Å². The Hall–Kier alpha value is -3.24. The first-order valence-electron chi connectivity index (χ1n) is 15.5. The lowest BCUT2D eigenvalue weighted by molar-refractivity contribution is -0.144. The lowest BCUT2D eigenvalue weighted by Gasteiger charge is -2.37. The Balaban J connectivity index is 1.43. The standard InChI is InChI=1S/C31H47N5O6/c1-6-14-32-28(40)24(37)17(2)33-27(39)23-21-15-20(21)16-36(23)29(41)26(31(3,4)5)35-30(42)34-22(25(38)19-12-13-19)18-10-8-7-9-11-18/h6,17-23,26H,1,7-16H2,2-5H3,(H,32,40)(H,33,39)(H2,34,35,42)/t17?,20-,21?,22?,23-,26?/m0/s1. The van der Waals surface area contributed by atoms with Crippen LogP contribution in [0.1, 0.15) is 79.1 Å². The van der Waals surface area contributed by atoms with Gasteiger partial charge in [-0.2, -0.15) is 0 Å². The zero-order valence-electron chi connectivity index (χ0n) is 25.4. The monoisotopic (exact) mass is 585 g/mol. The molecule has 232 valence electrons. The fourth-order valence-electron chi connectivity index (χ4n) is 6.48. The summed E-state index contributed by atoms with van der Waals surface area (Å²) >= 11 is 0. The lowest BCUT2D eigenvalue weighted by Crippen LogP contribution is -2.62. The first kappa shape index (κ1) is 31.7. The normalized spacial score (nSPS) is 25.7. The lowest BCUT2D eigenvalue weighted by atomic mass is 9.81. The summed E-state index contributed by atoms with van der Waals surface area (Å²) in [6.07, 6.45) is 8.97. The predicted octanol–water partition coefficient (Wildman–Crippen LogP) is 1.85.